The van der Waals surface area contributed by atoms with Crippen molar-refractivity contribution >= 4 is 38.7 Å². The highest BCUT2D eigenvalue weighted by molar-refractivity contribution is 7.19. The van der Waals surface area contributed by atoms with Gasteiger partial charge in [0.2, 0.25) is 0 Å². The van der Waals surface area contributed by atoms with Gasteiger partial charge < -0.3 is 10.2 Å². The predicted molar refractivity (Wildman–Crippen MR) is 101 cm³/mol. The van der Waals surface area contributed by atoms with Gasteiger partial charge >= 0.3 is 0 Å². The summed E-state index contributed by atoms with van der Waals surface area (Å²) in [6.07, 6.45) is 7.89. The van der Waals surface area contributed by atoms with E-state index in [4.69, 9.17) is 0 Å². The summed E-state index contributed by atoms with van der Waals surface area (Å²) in [5.74, 6) is 0.956. The van der Waals surface area contributed by atoms with Gasteiger partial charge in [-0.1, -0.05) is 6.07 Å². The normalized spacial score (nSPS) is 16.8. The fourth-order valence-corrected chi connectivity index (χ4v) is 5.14. The molecule has 5 heteroatoms. The third kappa shape index (κ3) is 2.35. The van der Waals surface area contributed by atoms with Crippen molar-refractivity contribution in [2.45, 2.75) is 32.1 Å². The molecule has 0 radical (unpaired) electrons. The Morgan fingerprint density at radius 2 is 1.96 bits per heavy atom. The number of nitrogens with zero attached hydrogens (tertiary/aromatic N) is 3. The van der Waals surface area contributed by atoms with Crippen LogP contribution < -0.4 is 10.2 Å². The van der Waals surface area contributed by atoms with Gasteiger partial charge in [0.25, 0.3) is 0 Å². The molecule has 2 aromatic heterocycles. The molecule has 1 fully saturated rings. The lowest BCUT2D eigenvalue weighted by Crippen LogP contribution is -2.17. The maximum atomic E-state index is 4.55. The van der Waals surface area contributed by atoms with Crippen LogP contribution in [0, 0.1) is 0 Å². The molecule has 0 saturated carbocycles. The molecule has 0 amide bonds. The van der Waals surface area contributed by atoms with Crippen molar-refractivity contribution in [1.29, 1.82) is 0 Å². The maximum absolute atomic E-state index is 4.55. The minimum absolute atomic E-state index is 0.956. The van der Waals surface area contributed by atoms with Gasteiger partial charge in [-0.2, -0.15) is 0 Å². The minimum Gasteiger partial charge on any atom is -0.371 e. The Balaban J connectivity index is 1.52. The standard InChI is InChI=1S/C19H20N4S/c1-2-10-23(9-1)14-6-3-5-13(11-14)22-18-17-15-7-4-8-16(15)24-19(17)21-12-20-18/h3,5-6,11-12H,1-2,4,7-10H2,(H,20,21,22). The van der Waals surface area contributed by atoms with E-state index in [2.05, 4.69) is 44.5 Å². The van der Waals surface area contributed by atoms with Gasteiger partial charge in [0.15, 0.2) is 0 Å². The molecular weight excluding hydrogens is 316 g/mol. The highest BCUT2D eigenvalue weighted by Gasteiger charge is 2.21. The van der Waals surface area contributed by atoms with E-state index in [1.807, 2.05) is 11.3 Å². The highest BCUT2D eigenvalue weighted by atomic mass is 32.1. The Kier molecular flexibility index (Phi) is 3.40. The average molecular weight is 336 g/mol. The molecule has 4 nitrogen and oxygen atoms in total. The van der Waals surface area contributed by atoms with Crippen LogP contribution in [0.1, 0.15) is 29.7 Å². The molecule has 2 aliphatic rings. The van der Waals surface area contributed by atoms with Crippen LogP contribution in [0.4, 0.5) is 17.2 Å². The summed E-state index contributed by atoms with van der Waals surface area (Å²) in [4.78, 5) is 14.1. The van der Waals surface area contributed by atoms with Crippen molar-refractivity contribution < 1.29 is 0 Å². The number of fused-ring (bicyclic) bond motifs is 3. The summed E-state index contributed by atoms with van der Waals surface area (Å²) in [6.45, 7) is 2.33. The summed E-state index contributed by atoms with van der Waals surface area (Å²) in [5, 5.41) is 4.79. The van der Waals surface area contributed by atoms with Crippen molar-refractivity contribution in [1.82, 2.24) is 9.97 Å². The quantitative estimate of drug-likeness (QED) is 0.763. The molecule has 122 valence electrons. The number of thiophene rings is 1. The zero-order valence-corrected chi connectivity index (χ0v) is 14.4. The predicted octanol–water partition coefficient (Wildman–Crippen LogP) is 4.52. The Morgan fingerprint density at radius 3 is 2.88 bits per heavy atom. The Hall–Kier alpha value is -2.14. The lowest BCUT2D eigenvalue weighted by atomic mass is 10.2. The van der Waals surface area contributed by atoms with E-state index in [0.717, 1.165) is 22.8 Å². The zero-order chi connectivity index (χ0) is 15.9. The number of hydrogen-bond donors (Lipinski definition) is 1. The average Bonchev–Trinajstić information content (AvgIpc) is 3.32. The zero-order valence-electron chi connectivity index (χ0n) is 13.6. The molecule has 1 aromatic carbocycles. The first kappa shape index (κ1) is 14.2. The first-order valence-electron chi connectivity index (χ1n) is 8.76. The lowest BCUT2D eigenvalue weighted by Gasteiger charge is -2.18. The summed E-state index contributed by atoms with van der Waals surface area (Å²) in [6, 6.07) is 8.70. The summed E-state index contributed by atoms with van der Waals surface area (Å²) < 4.78 is 0. The van der Waals surface area contributed by atoms with E-state index < -0.39 is 0 Å². The van der Waals surface area contributed by atoms with Crippen molar-refractivity contribution in [2.24, 2.45) is 0 Å². The van der Waals surface area contributed by atoms with Gasteiger partial charge in [-0.3, -0.25) is 0 Å². The van der Waals surface area contributed by atoms with Crippen molar-refractivity contribution in [3.63, 3.8) is 0 Å². The maximum Gasteiger partial charge on any atom is 0.142 e. The molecule has 1 aliphatic carbocycles. The number of benzene rings is 1. The number of rotatable bonds is 3. The fraction of sp³-hybridized carbons (Fsp3) is 0.368. The van der Waals surface area contributed by atoms with Crippen molar-refractivity contribution in [3.8, 4) is 0 Å². The number of aryl methyl sites for hydroxylation is 2. The summed E-state index contributed by atoms with van der Waals surface area (Å²) in [7, 11) is 0. The van der Waals surface area contributed by atoms with Crippen LogP contribution >= 0.6 is 11.3 Å². The van der Waals surface area contributed by atoms with Gasteiger partial charge in [-0.05, 0) is 55.9 Å². The smallest absolute Gasteiger partial charge is 0.142 e. The van der Waals surface area contributed by atoms with E-state index >= 15 is 0 Å². The van der Waals surface area contributed by atoms with Crippen LogP contribution in [0.15, 0.2) is 30.6 Å². The van der Waals surface area contributed by atoms with Crippen LogP contribution in [-0.4, -0.2) is 23.1 Å². The van der Waals surface area contributed by atoms with E-state index in [1.54, 1.807) is 6.33 Å². The van der Waals surface area contributed by atoms with Gasteiger partial charge in [0, 0.05) is 29.3 Å². The molecule has 1 aliphatic heterocycles. The van der Waals surface area contributed by atoms with Crippen LogP contribution in [0.25, 0.3) is 10.2 Å². The van der Waals surface area contributed by atoms with Crippen LogP contribution in [0.3, 0.4) is 0 Å². The topological polar surface area (TPSA) is 41.1 Å². The molecule has 1 saturated heterocycles. The molecule has 0 spiro atoms. The van der Waals surface area contributed by atoms with Crippen molar-refractivity contribution in [2.75, 3.05) is 23.3 Å². The Morgan fingerprint density at radius 1 is 1.04 bits per heavy atom. The summed E-state index contributed by atoms with van der Waals surface area (Å²) >= 11 is 1.84. The molecule has 0 atom stereocenters. The monoisotopic (exact) mass is 336 g/mol. The Bertz CT molecular complexity index is 896. The largest absolute Gasteiger partial charge is 0.371 e. The van der Waals surface area contributed by atoms with E-state index in [9.17, 15) is 0 Å². The first-order chi connectivity index (χ1) is 11.9. The van der Waals surface area contributed by atoms with Gasteiger partial charge in [-0.25, -0.2) is 9.97 Å². The third-order valence-corrected chi connectivity index (χ3v) is 6.28. The van der Waals surface area contributed by atoms with E-state index in [-0.39, 0.29) is 0 Å². The Labute approximate surface area is 145 Å². The second kappa shape index (κ2) is 5.74. The molecule has 1 N–H and O–H groups in total. The summed E-state index contributed by atoms with van der Waals surface area (Å²) in [5.41, 5.74) is 3.88. The lowest BCUT2D eigenvalue weighted by molar-refractivity contribution is 0.917. The molecule has 3 aromatic rings. The SMILES string of the molecule is c1cc(Nc2ncnc3sc4c(c23)CCC4)cc(N2CCCC2)c1. The molecule has 0 bridgehead atoms. The molecule has 24 heavy (non-hydrogen) atoms. The van der Waals surface area contributed by atoms with Crippen LogP contribution in [0.5, 0.6) is 0 Å². The molecule has 3 heterocycles. The second-order valence-corrected chi connectivity index (χ2v) is 7.71. The van der Waals surface area contributed by atoms with Crippen molar-refractivity contribution in [3.05, 3.63) is 41.0 Å². The number of aromatic nitrogens is 2. The van der Waals surface area contributed by atoms with Crippen LogP contribution in [0.2, 0.25) is 0 Å². The molecule has 0 unspecified atom stereocenters. The fourth-order valence-electron chi connectivity index (χ4n) is 3.92. The van der Waals surface area contributed by atoms with Gasteiger partial charge in [-0.15, -0.1) is 11.3 Å². The van der Waals surface area contributed by atoms with E-state index in [1.165, 1.54) is 60.3 Å². The van der Waals surface area contributed by atoms with Gasteiger partial charge in [0.05, 0.1) is 5.39 Å². The minimum atomic E-state index is 0.956. The number of anilines is 3. The highest BCUT2D eigenvalue weighted by Crippen LogP contribution is 2.39. The third-order valence-electron chi connectivity index (χ3n) is 5.08. The van der Waals surface area contributed by atoms with E-state index in [0.29, 0.717) is 0 Å². The van der Waals surface area contributed by atoms with Crippen LogP contribution in [-0.2, 0) is 12.8 Å². The van der Waals surface area contributed by atoms with Gasteiger partial charge in [0.1, 0.15) is 17.0 Å². The number of nitrogens with one attached hydrogen (secondary N) is 1. The molecule has 5 rings (SSSR count). The molecular formula is C19H20N4S. The number of hydrogen-bond acceptors (Lipinski definition) is 5. The first-order valence-corrected chi connectivity index (χ1v) is 9.57. The second-order valence-electron chi connectivity index (χ2n) is 6.63.